The Morgan fingerprint density at radius 2 is 1.29 bits per heavy atom. The number of aliphatic hydroxyl groups is 12. The van der Waals surface area contributed by atoms with Crippen molar-refractivity contribution in [2.45, 2.75) is 196 Å². The fraction of sp³-hybridized carbons (Fsp3) is 0.978. The number of rotatable bonds is 13. The maximum Gasteiger partial charge on any atom is 0.187 e. The number of ether oxygens (including phenoxy) is 7. The normalized spacial score (nSPS) is 55.0. The maximum atomic E-state index is 14.7. The van der Waals surface area contributed by atoms with Gasteiger partial charge in [0.25, 0.3) is 0 Å². The Labute approximate surface area is 378 Å². The van der Waals surface area contributed by atoms with Gasteiger partial charge < -0.3 is 94.4 Å². The highest BCUT2D eigenvalue weighted by atomic mass is 16.7. The third kappa shape index (κ3) is 8.69. The van der Waals surface area contributed by atoms with Crippen LogP contribution in [-0.4, -0.2) is 204 Å². The minimum Gasteiger partial charge on any atom is -0.394 e. The smallest absolute Gasteiger partial charge is 0.187 e. The zero-order valence-electron chi connectivity index (χ0n) is 37.7. The molecule has 0 aromatic heterocycles. The molecule has 4 saturated heterocycles. The van der Waals surface area contributed by atoms with Crippen molar-refractivity contribution in [2.24, 2.45) is 52.3 Å². The van der Waals surface area contributed by atoms with E-state index in [0.717, 1.165) is 19.3 Å². The first-order valence-corrected chi connectivity index (χ1v) is 23.8. The molecule has 4 aliphatic heterocycles. The standard InChI is InChI=1S/C45H74O20/c1-18(17-59-40-36(55)33(52)31(50)26(14-46)61-40)7-10-45(58)19(2)30-25(65-45)12-24-22-6-5-20-11-21(8-9-43(20,3)23(22)13-29(49)44(24,30)4)60-41-38(57)35(54)39(28(16-48)63-41)64-42-37(56)34(53)32(51)27(15-47)62-42/h18-28,30-42,46-48,50-58H,5-17H2,1-4H3. The maximum absolute atomic E-state index is 14.7. The molecule has 0 amide bonds. The molecule has 374 valence electrons. The van der Waals surface area contributed by atoms with E-state index in [1.807, 2.05) is 13.8 Å². The Kier molecular flexibility index (Phi) is 14.9. The van der Waals surface area contributed by atoms with E-state index in [0.29, 0.717) is 38.5 Å². The third-order valence-corrected chi connectivity index (χ3v) is 17.9. The van der Waals surface area contributed by atoms with Gasteiger partial charge in [-0.2, -0.15) is 0 Å². The van der Waals surface area contributed by atoms with E-state index in [-0.39, 0.29) is 71.4 Å². The minimum atomic E-state index is -1.77. The molecule has 8 aliphatic rings. The molecular formula is C45H74O20. The van der Waals surface area contributed by atoms with E-state index in [2.05, 4.69) is 13.8 Å². The fourth-order valence-electron chi connectivity index (χ4n) is 13.9. The van der Waals surface area contributed by atoms with Crippen molar-refractivity contribution in [3.63, 3.8) is 0 Å². The van der Waals surface area contributed by atoms with Crippen LogP contribution in [0.3, 0.4) is 0 Å². The lowest BCUT2D eigenvalue weighted by atomic mass is 9.44. The van der Waals surface area contributed by atoms with Gasteiger partial charge in [0.2, 0.25) is 0 Å². The molecule has 0 spiro atoms. The molecule has 8 fully saturated rings. The average Bonchev–Trinajstić information content (AvgIpc) is 3.73. The molecule has 27 atom stereocenters. The van der Waals surface area contributed by atoms with Crippen LogP contribution in [0.25, 0.3) is 0 Å². The SMILES string of the molecule is CC(CCC1(O)OC2CC3C4CCC5CC(OC6OC(CO)C(OC7OC(CO)C(O)C(O)C7O)C(O)C6O)CCC5(C)C4CC(=O)C3(C)C2C1C)COC1OC(CO)C(O)C(O)C1O. The molecule has 20 heteroatoms. The quantitative estimate of drug-likeness (QED) is 0.0843. The van der Waals surface area contributed by atoms with E-state index in [9.17, 15) is 66.1 Å². The zero-order valence-corrected chi connectivity index (χ0v) is 37.7. The average molecular weight is 935 g/mol. The molecule has 0 aromatic rings. The topological polar surface area (TPSA) is 324 Å². The van der Waals surface area contributed by atoms with Gasteiger partial charge in [0.05, 0.1) is 38.6 Å². The molecule has 27 unspecified atom stereocenters. The van der Waals surface area contributed by atoms with Crippen LogP contribution in [0.5, 0.6) is 0 Å². The molecule has 4 heterocycles. The van der Waals surface area contributed by atoms with Gasteiger partial charge >= 0.3 is 0 Å². The van der Waals surface area contributed by atoms with E-state index >= 15 is 0 Å². The monoisotopic (exact) mass is 934 g/mol. The van der Waals surface area contributed by atoms with E-state index in [1.54, 1.807) is 0 Å². The predicted molar refractivity (Wildman–Crippen MR) is 219 cm³/mol. The molecular weight excluding hydrogens is 860 g/mol. The summed E-state index contributed by atoms with van der Waals surface area (Å²) in [6, 6.07) is 0. The Morgan fingerprint density at radius 3 is 1.94 bits per heavy atom. The van der Waals surface area contributed by atoms with Gasteiger partial charge in [-0.1, -0.05) is 27.7 Å². The van der Waals surface area contributed by atoms with Gasteiger partial charge in [-0.15, -0.1) is 0 Å². The van der Waals surface area contributed by atoms with Crippen LogP contribution in [0.4, 0.5) is 0 Å². The number of carbonyl (C=O) groups is 1. The minimum absolute atomic E-state index is 0.0918. The van der Waals surface area contributed by atoms with Crippen LogP contribution in [0.2, 0.25) is 0 Å². The van der Waals surface area contributed by atoms with Crippen LogP contribution in [0.1, 0.15) is 85.5 Å². The highest BCUT2D eigenvalue weighted by molar-refractivity contribution is 5.87. The molecule has 20 nitrogen and oxygen atoms in total. The van der Waals surface area contributed by atoms with Crippen molar-refractivity contribution in [1.29, 1.82) is 0 Å². The van der Waals surface area contributed by atoms with Crippen molar-refractivity contribution in [1.82, 2.24) is 0 Å². The number of aliphatic hydroxyl groups excluding tert-OH is 11. The Hall–Kier alpha value is -1.09. The van der Waals surface area contributed by atoms with Crippen LogP contribution in [0, 0.1) is 52.3 Å². The predicted octanol–water partition coefficient (Wildman–Crippen LogP) is -2.60. The number of Topliss-reactive ketones (excluding diaryl/α,β-unsaturated/α-hetero) is 1. The Morgan fingerprint density at radius 1 is 0.708 bits per heavy atom. The molecule has 4 aliphatic carbocycles. The fourth-order valence-corrected chi connectivity index (χ4v) is 13.9. The summed E-state index contributed by atoms with van der Waals surface area (Å²) in [6.45, 7) is 6.47. The number of fused-ring (bicyclic) bond motifs is 7. The first-order chi connectivity index (χ1) is 30.7. The molecule has 0 aromatic carbocycles. The van der Waals surface area contributed by atoms with Crippen LogP contribution < -0.4 is 0 Å². The third-order valence-electron chi connectivity index (χ3n) is 17.9. The first-order valence-electron chi connectivity index (χ1n) is 23.8. The van der Waals surface area contributed by atoms with Gasteiger partial charge in [0.15, 0.2) is 24.7 Å². The Bertz CT molecular complexity index is 1640. The molecule has 4 saturated carbocycles. The van der Waals surface area contributed by atoms with Crippen molar-refractivity contribution in [3.8, 4) is 0 Å². The van der Waals surface area contributed by atoms with Crippen LogP contribution in [-0.2, 0) is 38.0 Å². The first kappa shape index (κ1) is 50.3. The lowest BCUT2D eigenvalue weighted by Gasteiger charge is -2.60. The van der Waals surface area contributed by atoms with Crippen molar-refractivity contribution in [2.75, 3.05) is 26.4 Å². The van der Waals surface area contributed by atoms with Crippen LogP contribution in [0.15, 0.2) is 0 Å². The van der Waals surface area contributed by atoms with E-state index in [1.165, 1.54) is 0 Å². The largest absolute Gasteiger partial charge is 0.394 e. The van der Waals surface area contributed by atoms with E-state index in [4.69, 9.17) is 33.2 Å². The summed E-state index contributed by atoms with van der Waals surface area (Å²) in [7, 11) is 0. The second kappa shape index (κ2) is 19.3. The zero-order chi connectivity index (χ0) is 47.1. The highest BCUT2D eigenvalue weighted by Gasteiger charge is 2.71. The summed E-state index contributed by atoms with van der Waals surface area (Å²) < 4.78 is 41.2. The molecule has 0 radical (unpaired) electrons. The van der Waals surface area contributed by atoms with Crippen molar-refractivity contribution in [3.05, 3.63) is 0 Å². The highest BCUT2D eigenvalue weighted by Crippen LogP contribution is 2.70. The lowest BCUT2D eigenvalue weighted by Crippen LogP contribution is -2.65. The molecule has 12 N–H and O–H groups in total. The number of hydrogen-bond acceptors (Lipinski definition) is 20. The summed E-state index contributed by atoms with van der Waals surface area (Å²) >= 11 is 0. The van der Waals surface area contributed by atoms with Crippen molar-refractivity contribution >= 4 is 5.78 Å². The lowest BCUT2D eigenvalue weighted by molar-refractivity contribution is -0.364. The second-order valence-electron chi connectivity index (χ2n) is 21.3. The van der Waals surface area contributed by atoms with Gasteiger partial charge in [0.1, 0.15) is 79.0 Å². The molecule has 8 rings (SSSR count). The van der Waals surface area contributed by atoms with Crippen LogP contribution >= 0.6 is 0 Å². The molecule has 0 bridgehead atoms. The van der Waals surface area contributed by atoms with Crippen molar-refractivity contribution < 1.29 is 99.2 Å². The van der Waals surface area contributed by atoms with Gasteiger partial charge in [-0.05, 0) is 80.0 Å². The summed E-state index contributed by atoms with van der Waals surface area (Å²) in [5.41, 5.74) is -0.831. The van der Waals surface area contributed by atoms with Gasteiger partial charge in [-0.3, -0.25) is 4.79 Å². The number of hydrogen-bond donors (Lipinski definition) is 12. The van der Waals surface area contributed by atoms with E-state index < -0.39 is 123 Å². The summed E-state index contributed by atoms with van der Waals surface area (Å²) in [5, 5.41) is 125. The van der Waals surface area contributed by atoms with Gasteiger partial charge in [0, 0.05) is 30.1 Å². The summed E-state index contributed by atoms with van der Waals surface area (Å²) in [6.07, 6.45) is -17.1. The van der Waals surface area contributed by atoms with Gasteiger partial charge in [-0.25, -0.2) is 0 Å². The number of carbonyl (C=O) groups excluding carboxylic acids is 1. The second-order valence-corrected chi connectivity index (χ2v) is 21.3. The summed E-state index contributed by atoms with van der Waals surface area (Å²) in [5.74, 6) is -1.13. The summed E-state index contributed by atoms with van der Waals surface area (Å²) in [4.78, 5) is 14.7. The Balaban J connectivity index is 0.853. The number of ketones is 1. The molecule has 65 heavy (non-hydrogen) atoms.